The number of methoxy groups -OCH3 is 1. The molecule has 1 N–H and O–H groups in total. The molecule has 3 aromatic rings. The number of nitrogens with one attached hydrogen (secondary N) is 1. The molecule has 0 aliphatic carbocycles. The van der Waals surface area contributed by atoms with Gasteiger partial charge in [-0.3, -0.25) is 4.79 Å². The molecule has 0 radical (unpaired) electrons. The lowest BCUT2D eigenvalue weighted by molar-refractivity contribution is -0.154. The SMILES string of the molecule is C=CC[C@]1(C)CC(c2cccc(Cl)c2)[C@@H](c2ccc(Cl)cc2)N([C@@H](CC)CNCc2ccc(OC)cc2)C1=O. The van der Waals surface area contributed by atoms with E-state index in [2.05, 4.69) is 61.0 Å². The number of carbonyl (C=O) groups excluding carboxylic acids is 1. The largest absolute Gasteiger partial charge is 0.497 e. The molecular weight excluding hydrogens is 527 g/mol. The van der Waals surface area contributed by atoms with Gasteiger partial charge in [-0.25, -0.2) is 0 Å². The van der Waals surface area contributed by atoms with E-state index in [1.807, 2.05) is 48.5 Å². The van der Waals surface area contributed by atoms with Gasteiger partial charge >= 0.3 is 0 Å². The van der Waals surface area contributed by atoms with Crippen molar-refractivity contribution < 1.29 is 9.53 Å². The van der Waals surface area contributed by atoms with Gasteiger partial charge in [0, 0.05) is 35.1 Å². The maximum absolute atomic E-state index is 14.4. The molecule has 3 aromatic carbocycles. The molecule has 4 nitrogen and oxygen atoms in total. The van der Waals surface area contributed by atoms with Crippen molar-refractivity contribution in [2.75, 3.05) is 13.7 Å². The topological polar surface area (TPSA) is 41.6 Å². The number of piperidine rings is 1. The van der Waals surface area contributed by atoms with Gasteiger partial charge < -0.3 is 15.0 Å². The monoisotopic (exact) mass is 564 g/mol. The third kappa shape index (κ3) is 6.69. The predicted molar refractivity (Wildman–Crippen MR) is 162 cm³/mol. The van der Waals surface area contributed by atoms with Crippen LogP contribution in [0.2, 0.25) is 10.0 Å². The number of halogens is 2. The molecule has 1 fully saturated rings. The fourth-order valence-electron chi connectivity index (χ4n) is 5.85. The van der Waals surface area contributed by atoms with E-state index in [4.69, 9.17) is 27.9 Å². The Hall–Kier alpha value is -2.79. The zero-order valence-electron chi connectivity index (χ0n) is 23.0. The van der Waals surface area contributed by atoms with Crippen LogP contribution in [0.1, 0.15) is 61.8 Å². The number of rotatable bonds is 11. The van der Waals surface area contributed by atoms with Crippen molar-refractivity contribution >= 4 is 29.1 Å². The van der Waals surface area contributed by atoms with Crippen LogP contribution in [0.4, 0.5) is 0 Å². The normalized spacial score (nSPS) is 22.0. The number of hydrogen-bond donors (Lipinski definition) is 1. The average Bonchev–Trinajstić information content (AvgIpc) is 2.94. The van der Waals surface area contributed by atoms with Gasteiger partial charge in [0.25, 0.3) is 0 Å². The van der Waals surface area contributed by atoms with Crippen LogP contribution in [0, 0.1) is 5.41 Å². The van der Waals surface area contributed by atoms with Crippen LogP contribution in [0.5, 0.6) is 5.75 Å². The Labute approximate surface area is 243 Å². The van der Waals surface area contributed by atoms with Gasteiger partial charge in [-0.1, -0.05) is 79.5 Å². The molecule has 4 atom stereocenters. The highest BCUT2D eigenvalue weighted by Crippen LogP contribution is 2.52. The van der Waals surface area contributed by atoms with Gasteiger partial charge in [0.2, 0.25) is 5.91 Å². The lowest BCUT2D eigenvalue weighted by Gasteiger charge is -2.52. The van der Waals surface area contributed by atoms with Crippen molar-refractivity contribution in [2.45, 2.75) is 57.7 Å². The maximum atomic E-state index is 14.4. The lowest BCUT2D eigenvalue weighted by Crippen LogP contribution is -2.57. The summed E-state index contributed by atoms with van der Waals surface area (Å²) in [6.45, 7) is 9.60. The Bertz CT molecular complexity index is 1260. The van der Waals surface area contributed by atoms with Gasteiger partial charge in [-0.05, 0) is 72.4 Å². The molecule has 1 saturated heterocycles. The van der Waals surface area contributed by atoms with Crippen LogP contribution in [0.3, 0.4) is 0 Å². The van der Waals surface area contributed by atoms with Crippen LogP contribution in [0.15, 0.2) is 85.5 Å². The molecule has 0 spiro atoms. The third-order valence-electron chi connectivity index (χ3n) is 7.92. The lowest BCUT2D eigenvalue weighted by atomic mass is 9.67. The molecule has 1 amide bonds. The molecule has 4 rings (SSSR count). The number of likely N-dealkylation sites (tertiary alicyclic amines) is 1. The fraction of sp³-hybridized carbons (Fsp3) is 0.364. The molecule has 0 saturated carbocycles. The summed E-state index contributed by atoms with van der Waals surface area (Å²) in [7, 11) is 1.67. The molecule has 6 heteroatoms. The molecule has 0 aromatic heterocycles. The second-order valence-electron chi connectivity index (χ2n) is 10.7. The number of ether oxygens (including phenoxy) is 1. The second-order valence-corrected chi connectivity index (χ2v) is 11.5. The minimum absolute atomic E-state index is 0.0115. The van der Waals surface area contributed by atoms with E-state index in [1.165, 1.54) is 0 Å². The van der Waals surface area contributed by atoms with Gasteiger partial charge in [0.15, 0.2) is 0 Å². The summed E-state index contributed by atoms with van der Waals surface area (Å²) in [6.07, 6.45) is 4.01. The number of nitrogens with zero attached hydrogens (tertiary/aromatic N) is 1. The van der Waals surface area contributed by atoms with E-state index in [0.29, 0.717) is 36.0 Å². The van der Waals surface area contributed by atoms with Crippen LogP contribution >= 0.6 is 23.2 Å². The Kier molecular flexibility index (Phi) is 9.76. The number of hydrogen-bond acceptors (Lipinski definition) is 3. The molecule has 1 aliphatic heterocycles. The number of amides is 1. The molecule has 1 heterocycles. The number of benzene rings is 3. The first-order valence-electron chi connectivity index (χ1n) is 13.6. The highest BCUT2D eigenvalue weighted by Gasteiger charge is 2.50. The van der Waals surface area contributed by atoms with Crippen molar-refractivity contribution in [1.29, 1.82) is 0 Å². The zero-order chi connectivity index (χ0) is 28.0. The first-order valence-corrected chi connectivity index (χ1v) is 14.3. The number of carbonyl (C=O) groups is 1. The maximum Gasteiger partial charge on any atom is 0.229 e. The summed E-state index contributed by atoms with van der Waals surface area (Å²) >= 11 is 12.8. The van der Waals surface area contributed by atoms with E-state index >= 15 is 0 Å². The smallest absolute Gasteiger partial charge is 0.229 e. The van der Waals surface area contributed by atoms with E-state index in [9.17, 15) is 4.79 Å². The van der Waals surface area contributed by atoms with E-state index in [1.54, 1.807) is 7.11 Å². The van der Waals surface area contributed by atoms with Crippen LogP contribution in [-0.2, 0) is 11.3 Å². The fourth-order valence-corrected chi connectivity index (χ4v) is 6.18. The van der Waals surface area contributed by atoms with E-state index in [0.717, 1.165) is 28.9 Å². The quantitative estimate of drug-likeness (QED) is 0.238. The average molecular weight is 566 g/mol. The Morgan fingerprint density at radius 3 is 2.41 bits per heavy atom. The van der Waals surface area contributed by atoms with Crippen molar-refractivity contribution in [3.05, 3.63) is 112 Å². The van der Waals surface area contributed by atoms with Crippen molar-refractivity contribution in [2.24, 2.45) is 5.41 Å². The van der Waals surface area contributed by atoms with Crippen molar-refractivity contribution in [3.63, 3.8) is 0 Å². The van der Waals surface area contributed by atoms with Gasteiger partial charge in [-0.15, -0.1) is 6.58 Å². The third-order valence-corrected chi connectivity index (χ3v) is 8.41. The van der Waals surface area contributed by atoms with Crippen molar-refractivity contribution in [1.82, 2.24) is 10.2 Å². The summed E-state index contributed by atoms with van der Waals surface area (Å²) in [6, 6.07) is 23.9. The molecular formula is C33H38Cl2N2O2. The molecule has 1 aliphatic rings. The van der Waals surface area contributed by atoms with Crippen LogP contribution in [-0.4, -0.2) is 30.5 Å². The molecule has 39 heavy (non-hydrogen) atoms. The Morgan fingerprint density at radius 2 is 1.79 bits per heavy atom. The summed E-state index contributed by atoms with van der Waals surface area (Å²) in [4.78, 5) is 16.6. The summed E-state index contributed by atoms with van der Waals surface area (Å²) in [5, 5.41) is 4.99. The summed E-state index contributed by atoms with van der Waals surface area (Å²) in [5.41, 5.74) is 2.81. The predicted octanol–water partition coefficient (Wildman–Crippen LogP) is 8.21. The zero-order valence-corrected chi connectivity index (χ0v) is 24.5. The highest BCUT2D eigenvalue weighted by atomic mass is 35.5. The second kappa shape index (κ2) is 13.0. The summed E-state index contributed by atoms with van der Waals surface area (Å²) in [5.74, 6) is 1.06. The van der Waals surface area contributed by atoms with Gasteiger partial charge in [-0.2, -0.15) is 0 Å². The minimum Gasteiger partial charge on any atom is -0.497 e. The number of allylic oxidation sites excluding steroid dienone is 1. The standard InChI is InChI=1S/C33H38Cl2N2O2/c1-5-18-33(3)20-30(25-8-7-9-27(35)19-25)31(24-12-14-26(34)15-13-24)37(32(33)38)28(6-2)22-36-21-23-10-16-29(39-4)17-11-23/h5,7-17,19,28,30-31,36H,1,6,18,20-22H2,2-4H3/t28-,30?,31+,33+/m0/s1. The Morgan fingerprint density at radius 1 is 1.08 bits per heavy atom. The molecule has 206 valence electrons. The highest BCUT2D eigenvalue weighted by molar-refractivity contribution is 6.30. The van der Waals surface area contributed by atoms with Gasteiger partial charge in [0.1, 0.15) is 5.75 Å². The molecule has 0 bridgehead atoms. The summed E-state index contributed by atoms with van der Waals surface area (Å²) < 4.78 is 5.29. The van der Waals surface area contributed by atoms with Gasteiger partial charge in [0.05, 0.1) is 18.6 Å². The first kappa shape index (κ1) is 29.2. The van der Waals surface area contributed by atoms with Crippen molar-refractivity contribution in [3.8, 4) is 5.75 Å². The van der Waals surface area contributed by atoms with E-state index in [-0.39, 0.29) is 23.9 Å². The van der Waals surface area contributed by atoms with Crippen LogP contribution < -0.4 is 10.1 Å². The minimum atomic E-state index is -0.568. The molecule has 1 unspecified atom stereocenters. The van der Waals surface area contributed by atoms with E-state index < -0.39 is 5.41 Å². The van der Waals surface area contributed by atoms with Crippen LogP contribution in [0.25, 0.3) is 0 Å². The Balaban J connectivity index is 1.72. The first-order chi connectivity index (χ1) is 18.8.